The van der Waals surface area contributed by atoms with Crippen molar-refractivity contribution < 1.29 is 4.79 Å². The van der Waals surface area contributed by atoms with Crippen molar-refractivity contribution in [2.45, 2.75) is 16.2 Å². The minimum absolute atomic E-state index is 0.419. The standard InChI is InChI=1S/C11H11N3OS2/c1-6-5-16-11(14-6)17-9-3-2-7(10(13)15)4-8(9)12/h2-5H,12H2,1H3,(H2,13,15). The third kappa shape index (κ3) is 2.78. The Kier molecular flexibility index (Phi) is 3.35. The van der Waals surface area contributed by atoms with Crippen LogP contribution in [-0.2, 0) is 0 Å². The Labute approximate surface area is 107 Å². The molecule has 17 heavy (non-hydrogen) atoms. The minimum Gasteiger partial charge on any atom is -0.398 e. The highest BCUT2D eigenvalue weighted by atomic mass is 32.2. The number of carbonyl (C=O) groups excluding carboxylic acids is 1. The van der Waals surface area contributed by atoms with Crippen LogP contribution < -0.4 is 11.5 Å². The molecular formula is C11H11N3OS2. The smallest absolute Gasteiger partial charge is 0.248 e. The number of nitrogens with zero attached hydrogens (tertiary/aromatic N) is 1. The molecule has 0 radical (unpaired) electrons. The summed E-state index contributed by atoms with van der Waals surface area (Å²) in [5.74, 6) is -0.474. The summed E-state index contributed by atoms with van der Waals surface area (Å²) < 4.78 is 0.932. The van der Waals surface area contributed by atoms with Gasteiger partial charge in [0, 0.05) is 27.2 Å². The molecule has 0 saturated carbocycles. The van der Waals surface area contributed by atoms with Crippen LogP contribution in [0.2, 0.25) is 0 Å². The van der Waals surface area contributed by atoms with Crippen molar-refractivity contribution in [2.24, 2.45) is 5.73 Å². The Morgan fingerprint density at radius 3 is 2.76 bits per heavy atom. The van der Waals surface area contributed by atoms with Crippen LogP contribution in [0.4, 0.5) is 5.69 Å². The van der Waals surface area contributed by atoms with Crippen LogP contribution in [0.5, 0.6) is 0 Å². The van der Waals surface area contributed by atoms with Gasteiger partial charge in [-0.1, -0.05) is 11.8 Å². The van der Waals surface area contributed by atoms with Crippen molar-refractivity contribution in [3.05, 3.63) is 34.8 Å². The number of hydrogen-bond acceptors (Lipinski definition) is 5. The lowest BCUT2D eigenvalue weighted by atomic mass is 10.2. The molecule has 0 unspecified atom stereocenters. The SMILES string of the molecule is Cc1csc(Sc2ccc(C(N)=O)cc2N)n1. The first-order chi connectivity index (χ1) is 8.06. The van der Waals surface area contributed by atoms with Crippen LogP contribution in [0, 0.1) is 6.92 Å². The summed E-state index contributed by atoms with van der Waals surface area (Å²) in [6.07, 6.45) is 0. The molecule has 0 spiro atoms. The quantitative estimate of drug-likeness (QED) is 0.834. The lowest BCUT2D eigenvalue weighted by Crippen LogP contribution is -2.11. The summed E-state index contributed by atoms with van der Waals surface area (Å²) in [4.78, 5) is 16.2. The van der Waals surface area contributed by atoms with Crippen molar-refractivity contribution in [1.29, 1.82) is 0 Å². The molecule has 2 aromatic rings. The number of nitrogen functional groups attached to an aromatic ring is 1. The van der Waals surface area contributed by atoms with Gasteiger partial charge < -0.3 is 11.5 Å². The van der Waals surface area contributed by atoms with Crippen molar-refractivity contribution >= 4 is 34.7 Å². The van der Waals surface area contributed by atoms with E-state index in [4.69, 9.17) is 11.5 Å². The van der Waals surface area contributed by atoms with Gasteiger partial charge in [0.1, 0.15) is 0 Å². The van der Waals surface area contributed by atoms with Crippen molar-refractivity contribution in [3.8, 4) is 0 Å². The first kappa shape index (κ1) is 11.9. The summed E-state index contributed by atoms with van der Waals surface area (Å²) >= 11 is 3.05. The zero-order chi connectivity index (χ0) is 12.4. The maximum atomic E-state index is 11.0. The van der Waals surface area contributed by atoms with E-state index in [-0.39, 0.29) is 0 Å². The maximum absolute atomic E-state index is 11.0. The molecule has 0 atom stereocenters. The van der Waals surface area contributed by atoms with E-state index >= 15 is 0 Å². The molecule has 1 amide bonds. The fraction of sp³-hybridized carbons (Fsp3) is 0.0909. The van der Waals surface area contributed by atoms with Gasteiger partial charge in [-0.25, -0.2) is 4.98 Å². The van der Waals surface area contributed by atoms with Gasteiger partial charge in [-0.3, -0.25) is 4.79 Å². The fourth-order valence-electron chi connectivity index (χ4n) is 1.27. The van der Waals surface area contributed by atoms with E-state index < -0.39 is 5.91 Å². The van der Waals surface area contributed by atoms with Crippen molar-refractivity contribution in [2.75, 3.05) is 5.73 Å². The third-order valence-corrected chi connectivity index (χ3v) is 4.24. The molecule has 6 heteroatoms. The molecule has 2 rings (SSSR count). The van der Waals surface area contributed by atoms with Crippen LogP contribution in [0.3, 0.4) is 0 Å². The highest BCUT2D eigenvalue weighted by Crippen LogP contribution is 2.34. The molecule has 0 aliphatic rings. The number of anilines is 1. The van der Waals surface area contributed by atoms with Crippen LogP contribution in [0.1, 0.15) is 16.1 Å². The lowest BCUT2D eigenvalue weighted by Gasteiger charge is -2.04. The van der Waals surface area contributed by atoms with Crippen LogP contribution >= 0.6 is 23.1 Å². The molecule has 1 aromatic heterocycles. The average Bonchev–Trinajstić information content (AvgIpc) is 2.67. The molecule has 0 aliphatic heterocycles. The number of nitrogens with two attached hydrogens (primary N) is 2. The topological polar surface area (TPSA) is 82.0 Å². The second-order valence-electron chi connectivity index (χ2n) is 3.47. The molecule has 0 bridgehead atoms. The first-order valence-corrected chi connectivity index (χ1v) is 6.55. The number of aryl methyl sites for hydroxylation is 1. The largest absolute Gasteiger partial charge is 0.398 e. The predicted molar refractivity (Wildman–Crippen MR) is 70.3 cm³/mol. The van der Waals surface area contributed by atoms with E-state index in [1.807, 2.05) is 12.3 Å². The monoisotopic (exact) mass is 265 g/mol. The molecule has 0 aliphatic carbocycles. The Morgan fingerprint density at radius 1 is 1.47 bits per heavy atom. The van der Waals surface area contributed by atoms with E-state index in [0.717, 1.165) is 14.9 Å². The second-order valence-corrected chi connectivity index (χ2v) is 5.62. The highest BCUT2D eigenvalue weighted by Gasteiger charge is 2.08. The van der Waals surface area contributed by atoms with Gasteiger partial charge in [0.25, 0.3) is 0 Å². The molecule has 4 nitrogen and oxygen atoms in total. The summed E-state index contributed by atoms with van der Waals surface area (Å²) in [5, 5.41) is 1.98. The Balaban J connectivity index is 2.25. The molecule has 0 saturated heterocycles. The summed E-state index contributed by atoms with van der Waals surface area (Å²) in [5.41, 5.74) is 13.0. The number of amides is 1. The Hall–Kier alpha value is -1.53. The predicted octanol–water partition coefficient (Wildman–Crippen LogP) is 2.28. The van der Waals surface area contributed by atoms with Gasteiger partial charge in [-0.2, -0.15) is 0 Å². The maximum Gasteiger partial charge on any atom is 0.248 e. The Morgan fingerprint density at radius 2 is 2.24 bits per heavy atom. The van der Waals surface area contributed by atoms with Crippen LogP contribution in [0.25, 0.3) is 0 Å². The average molecular weight is 265 g/mol. The van der Waals surface area contributed by atoms with Crippen molar-refractivity contribution in [3.63, 3.8) is 0 Å². The number of benzene rings is 1. The molecule has 1 aromatic carbocycles. The molecule has 4 N–H and O–H groups in total. The first-order valence-electron chi connectivity index (χ1n) is 4.85. The van der Waals surface area contributed by atoms with E-state index in [9.17, 15) is 4.79 Å². The summed E-state index contributed by atoms with van der Waals surface area (Å²) in [6, 6.07) is 5.05. The fourth-order valence-corrected chi connectivity index (χ4v) is 3.09. The molecular weight excluding hydrogens is 254 g/mol. The third-order valence-electron chi connectivity index (χ3n) is 2.09. The molecule has 0 fully saturated rings. The number of aromatic nitrogens is 1. The van der Waals surface area contributed by atoms with E-state index in [1.165, 1.54) is 11.8 Å². The van der Waals surface area contributed by atoms with E-state index in [1.54, 1.807) is 29.5 Å². The number of rotatable bonds is 3. The van der Waals surface area contributed by atoms with Gasteiger partial charge in [0.2, 0.25) is 5.91 Å². The van der Waals surface area contributed by atoms with Crippen LogP contribution in [0.15, 0.2) is 32.8 Å². The number of primary amides is 1. The zero-order valence-corrected chi connectivity index (χ0v) is 10.8. The normalized spacial score (nSPS) is 10.4. The lowest BCUT2D eigenvalue weighted by molar-refractivity contribution is 0.100. The zero-order valence-electron chi connectivity index (χ0n) is 9.14. The minimum atomic E-state index is -0.474. The summed E-state index contributed by atoms with van der Waals surface area (Å²) in [7, 11) is 0. The van der Waals surface area contributed by atoms with Gasteiger partial charge >= 0.3 is 0 Å². The number of hydrogen-bond donors (Lipinski definition) is 2. The van der Waals surface area contributed by atoms with Gasteiger partial charge in [0.05, 0.1) is 0 Å². The number of carbonyl (C=O) groups is 1. The number of thiazole rings is 1. The van der Waals surface area contributed by atoms with Gasteiger partial charge in [-0.05, 0) is 25.1 Å². The Bertz CT molecular complexity index is 566. The highest BCUT2D eigenvalue weighted by molar-refractivity contribution is 8.01. The van der Waals surface area contributed by atoms with E-state index in [0.29, 0.717) is 11.3 Å². The van der Waals surface area contributed by atoms with Gasteiger partial charge in [0.15, 0.2) is 4.34 Å². The molecule has 88 valence electrons. The molecule has 1 heterocycles. The van der Waals surface area contributed by atoms with Crippen LogP contribution in [-0.4, -0.2) is 10.9 Å². The second kappa shape index (κ2) is 4.77. The summed E-state index contributed by atoms with van der Waals surface area (Å²) in [6.45, 7) is 1.94. The van der Waals surface area contributed by atoms with Crippen molar-refractivity contribution in [1.82, 2.24) is 4.98 Å². The van der Waals surface area contributed by atoms with Gasteiger partial charge in [-0.15, -0.1) is 11.3 Å². The van der Waals surface area contributed by atoms with E-state index in [2.05, 4.69) is 4.98 Å².